The first-order chi connectivity index (χ1) is 9.67. The van der Waals surface area contributed by atoms with Gasteiger partial charge in [0.05, 0.1) is 6.04 Å². The Balaban J connectivity index is 2.39. The Kier molecular flexibility index (Phi) is 6.41. The lowest BCUT2D eigenvalue weighted by atomic mass is 10.0. The fourth-order valence-electron chi connectivity index (χ4n) is 2.31. The molecule has 1 amide bonds. The SMILES string of the molecule is Cc1cccc(CCC(C)NC(C)C(=O)NC(C)(C)C)c1. The van der Waals surface area contributed by atoms with Crippen LogP contribution >= 0.6 is 0 Å². The number of hydrogen-bond acceptors (Lipinski definition) is 2. The van der Waals surface area contributed by atoms with Gasteiger partial charge in [0, 0.05) is 11.6 Å². The molecule has 118 valence electrons. The molecule has 0 saturated heterocycles. The van der Waals surface area contributed by atoms with E-state index in [-0.39, 0.29) is 17.5 Å². The van der Waals surface area contributed by atoms with E-state index in [1.807, 2.05) is 27.7 Å². The Bertz CT molecular complexity index is 463. The largest absolute Gasteiger partial charge is 0.350 e. The summed E-state index contributed by atoms with van der Waals surface area (Å²) < 4.78 is 0. The zero-order valence-corrected chi connectivity index (χ0v) is 14.3. The van der Waals surface area contributed by atoms with Crippen LogP contribution in [-0.2, 0) is 11.2 Å². The van der Waals surface area contributed by atoms with Crippen molar-refractivity contribution in [1.82, 2.24) is 10.6 Å². The molecule has 2 atom stereocenters. The van der Waals surface area contributed by atoms with E-state index in [1.165, 1.54) is 11.1 Å². The number of carbonyl (C=O) groups is 1. The first-order valence-corrected chi connectivity index (χ1v) is 7.81. The molecule has 0 aliphatic rings. The van der Waals surface area contributed by atoms with E-state index in [0.717, 1.165) is 12.8 Å². The van der Waals surface area contributed by atoms with Crippen molar-refractivity contribution in [3.63, 3.8) is 0 Å². The first-order valence-electron chi connectivity index (χ1n) is 7.81. The van der Waals surface area contributed by atoms with Crippen molar-refractivity contribution < 1.29 is 4.79 Å². The average Bonchev–Trinajstić information content (AvgIpc) is 2.34. The van der Waals surface area contributed by atoms with Gasteiger partial charge in [0.15, 0.2) is 0 Å². The molecule has 1 rings (SSSR count). The maximum atomic E-state index is 12.0. The summed E-state index contributed by atoms with van der Waals surface area (Å²) in [5, 5.41) is 6.38. The third-order valence-electron chi connectivity index (χ3n) is 3.37. The van der Waals surface area contributed by atoms with E-state index in [9.17, 15) is 4.79 Å². The van der Waals surface area contributed by atoms with Gasteiger partial charge in [-0.25, -0.2) is 0 Å². The lowest BCUT2D eigenvalue weighted by Gasteiger charge is -2.25. The van der Waals surface area contributed by atoms with E-state index in [2.05, 4.69) is 48.7 Å². The Hall–Kier alpha value is -1.35. The Morgan fingerprint density at radius 1 is 1.24 bits per heavy atom. The minimum atomic E-state index is -0.183. The van der Waals surface area contributed by atoms with Crippen LogP contribution in [0.3, 0.4) is 0 Å². The van der Waals surface area contributed by atoms with Crippen molar-refractivity contribution in [2.45, 2.75) is 72.0 Å². The molecule has 0 spiro atoms. The highest BCUT2D eigenvalue weighted by molar-refractivity contribution is 5.81. The minimum absolute atomic E-state index is 0.0601. The summed E-state index contributed by atoms with van der Waals surface area (Å²) in [4.78, 5) is 12.0. The fraction of sp³-hybridized carbons (Fsp3) is 0.611. The smallest absolute Gasteiger partial charge is 0.237 e. The molecule has 2 unspecified atom stereocenters. The molecule has 0 saturated carbocycles. The van der Waals surface area contributed by atoms with Crippen LogP contribution in [-0.4, -0.2) is 23.5 Å². The van der Waals surface area contributed by atoms with Crippen molar-refractivity contribution in [3.8, 4) is 0 Å². The summed E-state index contributed by atoms with van der Waals surface area (Å²) in [6.07, 6.45) is 2.06. The molecule has 3 heteroatoms. The molecule has 2 N–H and O–H groups in total. The van der Waals surface area contributed by atoms with Gasteiger partial charge in [0.1, 0.15) is 0 Å². The van der Waals surface area contributed by atoms with Gasteiger partial charge in [0.2, 0.25) is 5.91 Å². The Morgan fingerprint density at radius 3 is 2.48 bits per heavy atom. The predicted octanol–water partition coefficient (Wildman–Crippen LogP) is 3.21. The van der Waals surface area contributed by atoms with Crippen LogP contribution < -0.4 is 10.6 Å². The van der Waals surface area contributed by atoms with Gasteiger partial charge in [0.25, 0.3) is 0 Å². The van der Waals surface area contributed by atoms with Crippen molar-refractivity contribution in [2.75, 3.05) is 0 Å². The molecular weight excluding hydrogens is 260 g/mol. The molecule has 0 bridgehead atoms. The van der Waals surface area contributed by atoms with Gasteiger partial charge >= 0.3 is 0 Å². The summed E-state index contributed by atoms with van der Waals surface area (Å²) >= 11 is 0. The number of hydrogen-bond donors (Lipinski definition) is 2. The molecule has 1 aromatic rings. The summed E-state index contributed by atoms with van der Waals surface area (Å²) in [7, 11) is 0. The van der Waals surface area contributed by atoms with Gasteiger partial charge in [-0.3, -0.25) is 4.79 Å². The molecule has 1 aromatic carbocycles. The highest BCUT2D eigenvalue weighted by Gasteiger charge is 2.20. The Morgan fingerprint density at radius 2 is 1.90 bits per heavy atom. The number of rotatable bonds is 6. The maximum absolute atomic E-state index is 12.0. The topological polar surface area (TPSA) is 41.1 Å². The van der Waals surface area contributed by atoms with Crippen LogP contribution in [0.25, 0.3) is 0 Å². The maximum Gasteiger partial charge on any atom is 0.237 e. The van der Waals surface area contributed by atoms with Crippen LogP contribution in [0, 0.1) is 6.92 Å². The van der Waals surface area contributed by atoms with Gasteiger partial charge in [-0.2, -0.15) is 0 Å². The summed E-state index contributed by atoms with van der Waals surface area (Å²) in [6, 6.07) is 8.74. The molecule has 0 aromatic heterocycles. The van der Waals surface area contributed by atoms with Crippen LogP contribution in [0.15, 0.2) is 24.3 Å². The number of aryl methyl sites for hydroxylation is 2. The van der Waals surface area contributed by atoms with Crippen LogP contribution in [0.5, 0.6) is 0 Å². The second-order valence-corrected chi connectivity index (χ2v) is 7.06. The second-order valence-electron chi connectivity index (χ2n) is 7.06. The van der Waals surface area contributed by atoms with Gasteiger partial charge < -0.3 is 10.6 Å². The highest BCUT2D eigenvalue weighted by Crippen LogP contribution is 2.08. The lowest BCUT2D eigenvalue weighted by Crippen LogP contribution is -2.51. The molecule has 0 radical (unpaired) electrons. The van der Waals surface area contributed by atoms with Crippen molar-refractivity contribution in [3.05, 3.63) is 35.4 Å². The van der Waals surface area contributed by atoms with E-state index >= 15 is 0 Å². The molecule has 0 aliphatic heterocycles. The van der Waals surface area contributed by atoms with Crippen LogP contribution in [0.4, 0.5) is 0 Å². The zero-order valence-electron chi connectivity index (χ0n) is 14.3. The Labute approximate surface area is 129 Å². The van der Waals surface area contributed by atoms with Crippen LogP contribution in [0.2, 0.25) is 0 Å². The van der Waals surface area contributed by atoms with Gasteiger partial charge in [-0.05, 0) is 59.9 Å². The summed E-state index contributed by atoms with van der Waals surface area (Å²) in [5.74, 6) is 0.0601. The quantitative estimate of drug-likeness (QED) is 0.844. The third-order valence-corrected chi connectivity index (χ3v) is 3.37. The standard InChI is InChI=1S/C18H30N2O/c1-13-8-7-9-16(12-13)11-10-14(2)19-15(3)17(21)20-18(4,5)6/h7-9,12,14-15,19H,10-11H2,1-6H3,(H,20,21). The zero-order chi connectivity index (χ0) is 16.0. The summed E-state index contributed by atoms with van der Waals surface area (Å²) in [5.41, 5.74) is 2.47. The van der Waals surface area contributed by atoms with E-state index in [4.69, 9.17) is 0 Å². The number of amides is 1. The fourth-order valence-corrected chi connectivity index (χ4v) is 2.31. The number of carbonyl (C=O) groups excluding carboxylic acids is 1. The van der Waals surface area contributed by atoms with Crippen molar-refractivity contribution >= 4 is 5.91 Å². The van der Waals surface area contributed by atoms with Crippen molar-refractivity contribution in [1.29, 1.82) is 0 Å². The van der Waals surface area contributed by atoms with Crippen LogP contribution in [0.1, 0.15) is 52.2 Å². The second kappa shape index (κ2) is 7.60. The highest BCUT2D eigenvalue weighted by atomic mass is 16.2. The minimum Gasteiger partial charge on any atom is -0.350 e. The van der Waals surface area contributed by atoms with E-state index in [1.54, 1.807) is 0 Å². The number of benzene rings is 1. The molecule has 0 fully saturated rings. The van der Waals surface area contributed by atoms with E-state index in [0.29, 0.717) is 6.04 Å². The van der Waals surface area contributed by atoms with Crippen molar-refractivity contribution in [2.24, 2.45) is 0 Å². The lowest BCUT2D eigenvalue weighted by molar-refractivity contribution is -0.124. The third kappa shape index (κ3) is 7.28. The molecule has 21 heavy (non-hydrogen) atoms. The molecule has 3 nitrogen and oxygen atoms in total. The molecular formula is C18H30N2O. The first kappa shape index (κ1) is 17.7. The molecule has 0 aliphatic carbocycles. The molecule has 0 heterocycles. The average molecular weight is 290 g/mol. The monoisotopic (exact) mass is 290 g/mol. The van der Waals surface area contributed by atoms with Gasteiger partial charge in [-0.1, -0.05) is 29.8 Å². The summed E-state index contributed by atoms with van der Waals surface area (Å²) in [6.45, 7) is 12.2. The normalized spacial score (nSPS) is 14.6. The van der Waals surface area contributed by atoms with E-state index < -0.39 is 0 Å². The number of nitrogens with one attached hydrogen (secondary N) is 2. The predicted molar refractivity (Wildman–Crippen MR) is 89.5 cm³/mol. The van der Waals surface area contributed by atoms with Gasteiger partial charge in [-0.15, -0.1) is 0 Å².